The Morgan fingerprint density at radius 1 is 1.11 bits per heavy atom. The third kappa shape index (κ3) is 7.29. The third-order valence-corrected chi connectivity index (χ3v) is 4.86. The zero-order valence-corrected chi connectivity index (χ0v) is 19.3. The summed E-state index contributed by atoms with van der Waals surface area (Å²) in [5.74, 6) is 1.39. The normalized spacial score (nSPS) is 14.8. The number of carbonyl (C=O) groups excluding carboxylic acids is 2. The van der Waals surface area contributed by atoms with Crippen molar-refractivity contribution in [2.24, 2.45) is 10.9 Å². The number of piperidine rings is 1. The zero-order chi connectivity index (χ0) is 19.6. The van der Waals surface area contributed by atoms with Crippen LogP contribution in [0, 0.1) is 5.92 Å². The van der Waals surface area contributed by atoms with Crippen LogP contribution in [0.1, 0.15) is 42.1 Å². The number of nitrogens with zero attached hydrogens (tertiary/aromatic N) is 2. The summed E-state index contributed by atoms with van der Waals surface area (Å²) in [4.78, 5) is 30.2. The molecule has 7 nitrogen and oxygen atoms in total. The van der Waals surface area contributed by atoms with Crippen LogP contribution in [0.15, 0.2) is 29.3 Å². The first-order chi connectivity index (χ1) is 13.1. The molecule has 2 rings (SSSR count). The summed E-state index contributed by atoms with van der Waals surface area (Å²) in [6, 6.07) is 7.52. The Labute approximate surface area is 184 Å². The first-order valence-corrected chi connectivity index (χ1v) is 9.62. The van der Waals surface area contributed by atoms with Crippen LogP contribution in [0.2, 0.25) is 0 Å². The second-order valence-corrected chi connectivity index (χ2v) is 6.75. The van der Waals surface area contributed by atoms with E-state index in [1.165, 1.54) is 0 Å². The minimum Gasteiger partial charge on any atom is -0.359 e. The number of benzene rings is 1. The monoisotopic (exact) mass is 501 g/mol. The molecule has 28 heavy (non-hydrogen) atoms. The first-order valence-electron chi connectivity index (χ1n) is 9.62. The van der Waals surface area contributed by atoms with E-state index in [1.54, 1.807) is 14.1 Å². The summed E-state index contributed by atoms with van der Waals surface area (Å²) < 4.78 is 0. The molecule has 0 unspecified atom stereocenters. The van der Waals surface area contributed by atoms with Gasteiger partial charge in [-0.05, 0) is 43.4 Å². The molecule has 1 heterocycles. The molecule has 0 atom stereocenters. The number of rotatable bonds is 6. The molecule has 1 saturated heterocycles. The molecule has 0 radical (unpaired) electrons. The van der Waals surface area contributed by atoms with Crippen LogP contribution in [0.3, 0.4) is 0 Å². The van der Waals surface area contributed by atoms with Gasteiger partial charge >= 0.3 is 0 Å². The van der Waals surface area contributed by atoms with E-state index in [0.717, 1.165) is 44.0 Å². The van der Waals surface area contributed by atoms with Gasteiger partial charge in [-0.1, -0.05) is 12.1 Å². The maximum atomic E-state index is 11.6. The van der Waals surface area contributed by atoms with Crippen LogP contribution in [-0.2, 0) is 11.3 Å². The number of aliphatic imine (C=N–C) groups is 1. The highest BCUT2D eigenvalue weighted by Gasteiger charge is 2.23. The van der Waals surface area contributed by atoms with Crippen molar-refractivity contribution in [3.8, 4) is 0 Å². The molecule has 2 amide bonds. The van der Waals surface area contributed by atoms with Gasteiger partial charge in [-0.2, -0.15) is 0 Å². The van der Waals surface area contributed by atoms with Gasteiger partial charge in [0.1, 0.15) is 0 Å². The second kappa shape index (κ2) is 12.6. The lowest BCUT2D eigenvalue weighted by molar-refractivity contribution is -0.121. The summed E-state index contributed by atoms with van der Waals surface area (Å²) in [5, 5.41) is 8.69. The maximum Gasteiger partial charge on any atom is 0.251 e. The van der Waals surface area contributed by atoms with Crippen LogP contribution in [0.25, 0.3) is 0 Å². The van der Waals surface area contributed by atoms with Gasteiger partial charge in [0.25, 0.3) is 5.91 Å². The van der Waals surface area contributed by atoms with Gasteiger partial charge in [0, 0.05) is 45.7 Å². The van der Waals surface area contributed by atoms with Crippen molar-refractivity contribution in [3.05, 3.63) is 35.4 Å². The van der Waals surface area contributed by atoms with Gasteiger partial charge < -0.3 is 20.9 Å². The molecule has 3 N–H and O–H groups in total. The predicted molar refractivity (Wildman–Crippen MR) is 123 cm³/mol. The lowest BCUT2D eigenvalue weighted by Gasteiger charge is -2.34. The van der Waals surface area contributed by atoms with Crippen LogP contribution in [0.5, 0.6) is 0 Å². The van der Waals surface area contributed by atoms with Gasteiger partial charge in [0.2, 0.25) is 5.91 Å². The summed E-state index contributed by atoms with van der Waals surface area (Å²) >= 11 is 0. The average Bonchev–Trinajstić information content (AvgIpc) is 2.71. The molecule has 0 saturated carbocycles. The van der Waals surface area contributed by atoms with E-state index in [-0.39, 0.29) is 35.8 Å². The van der Waals surface area contributed by atoms with Crippen molar-refractivity contribution in [2.75, 3.05) is 33.7 Å². The number of hydrogen-bond donors (Lipinski definition) is 3. The minimum atomic E-state index is -0.0852. The highest BCUT2D eigenvalue weighted by atomic mass is 127. The van der Waals surface area contributed by atoms with Crippen LogP contribution < -0.4 is 16.0 Å². The highest BCUT2D eigenvalue weighted by Crippen LogP contribution is 2.20. The van der Waals surface area contributed by atoms with Crippen molar-refractivity contribution >= 4 is 41.8 Å². The standard InChI is InChI=1S/C20H31N5O2.HI/c1-4-23-20(25-11-9-15(10-12-25)13-18(26)21-2)24-14-16-5-7-17(8-6-16)19(27)22-3;/h5-8,15H,4,9-14H2,1-3H3,(H,21,26)(H,22,27)(H,23,24);1H. The van der Waals surface area contributed by atoms with E-state index in [2.05, 4.69) is 27.8 Å². The Hall–Kier alpha value is -1.84. The van der Waals surface area contributed by atoms with Crippen LogP contribution in [0.4, 0.5) is 0 Å². The van der Waals surface area contributed by atoms with Crippen molar-refractivity contribution in [1.82, 2.24) is 20.9 Å². The van der Waals surface area contributed by atoms with E-state index < -0.39 is 0 Å². The summed E-state index contributed by atoms with van der Waals surface area (Å²) in [7, 11) is 3.32. The number of nitrogens with one attached hydrogen (secondary N) is 3. The first kappa shape index (κ1) is 24.2. The Balaban J connectivity index is 0.00000392. The van der Waals surface area contributed by atoms with Crippen molar-refractivity contribution in [2.45, 2.75) is 32.7 Å². The Morgan fingerprint density at radius 3 is 2.29 bits per heavy atom. The predicted octanol–water partition coefficient (Wildman–Crippen LogP) is 1.98. The number of hydrogen-bond acceptors (Lipinski definition) is 3. The lowest BCUT2D eigenvalue weighted by Crippen LogP contribution is -2.46. The zero-order valence-electron chi connectivity index (χ0n) is 17.0. The highest BCUT2D eigenvalue weighted by molar-refractivity contribution is 14.0. The quantitative estimate of drug-likeness (QED) is 0.316. The average molecular weight is 501 g/mol. The summed E-state index contributed by atoms with van der Waals surface area (Å²) in [6.45, 7) is 5.25. The van der Waals surface area contributed by atoms with Gasteiger partial charge in [-0.3, -0.25) is 9.59 Å². The van der Waals surface area contributed by atoms with E-state index in [0.29, 0.717) is 24.4 Å². The second-order valence-electron chi connectivity index (χ2n) is 6.75. The molecule has 1 aromatic carbocycles. The number of amides is 2. The van der Waals surface area contributed by atoms with E-state index >= 15 is 0 Å². The molecule has 1 fully saturated rings. The topological polar surface area (TPSA) is 85.8 Å². The molecule has 0 spiro atoms. The minimum absolute atomic E-state index is 0. The Bertz CT molecular complexity index is 655. The molecule has 8 heteroatoms. The van der Waals surface area contributed by atoms with Gasteiger partial charge in [-0.15, -0.1) is 24.0 Å². The number of likely N-dealkylation sites (tertiary alicyclic amines) is 1. The smallest absolute Gasteiger partial charge is 0.251 e. The van der Waals surface area contributed by atoms with E-state index in [9.17, 15) is 9.59 Å². The molecular weight excluding hydrogens is 469 g/mol. The summed E-state index contributed by atoms with van der Waals surface area (Å²) in [6.07, 6.45) is 2.60. The summed E-state index contributed by atoms with van der Waals surface area (Å²) in [5.41, 5.74) is 1.71. The molecule has 0 aromatic heterocycles. The largest absolute Gasteiger partial charge is 0.359 e. The number of carbonyl (C=O) groups is 2. The SMILES string of the molecule is CCNC(=NCc1ccc(C(=O)NC)cc1)N1CCC(CC(=O)NC)CC1.I. The Kier molecular flexibility index (Phi) is 10.9. The molecule has 0 aliphatic carbocycles. The number of guanidine groups is 1. The van der Waals surface area contributed by atoms with Crippen molar-refractivity contribution < 1.29 is 9.59 Å². The molecule has 1 aliphatic rings. The fraction of sp³-hybridized carbons (Fsp3) is 0.550. The molecule has 1 aliphatic heterocycles. The molecular formula is C20H32IN5O2. The van der Waals surface area contributed by atoms with Gasteiger partial charge in [-0.25, -0.2) is 4.99 Å². The maximum absolute atomic E-state index is 11.6. The lowest BCUT2D eigenvalue weighted by atomic mass is 9.93. The molecule has 1 aromatic rings. The van der Waals surface area contributed by atoms with Gasteiger partial charge in [0.05, 0.1) is 6.54 Å². The fourth-order valence-electron chi connectivity index (χ4n) is 3.21. The third-order valence-electron chi connectivity index (χ3n) is 4.86. The van der Waals surface area contributed by atoms with Gasteiger partial charge in [0.15, 0.2) is 5.96 Å². The Morgan fingerprint density at radius 2 is 1.75 bits per heavy atom. The van der Waals surface area contributed by atoms with Crippen LogP contribution >= 0.6 is 24.0 Å². The van der Waals surface area contributed by atoms with Crippen LogP contribution in [-0.4, -0.2) is 56.4 Å². The van der Waals surface area contributed by atoms with E-state index in [4.69, 9.17) is 4.99 Å². The molecule has 0 bridgehead atoms. The van der Waals surface area contributed by atoms with Crippen molar-refractivity contribution in [1.29, 1.82) is 0 Å². The number of halogens is 1. The molecule has 156 valence electrons. The fourth-order valence-corrected chi connectivity index (χ4v) is 3.21. The van der Waals surface area contributed by atoms with E-state index in [1.807, 2.05) is 24.3 Å². The van der Waals surface area contributed by atoms with Crippen molar-refractivity contribution in [3.63, 3.8) is 0 Å².